The van der Waals surface area contributed by atoms with Gasteiger partial charge >= 0.3 is 0 Å². The van der Waals surface area contributed by atoms with Crippen molar-refractivity contribution in [2.75, 3.05) is 26.3 Å². The summed E-state index contributed by atoms with van der Waals surface area (Å²) in [5, 5.41) is 7.12. The molecule has 1 atom stereocenters. The van der Waals surface area contributed by atoms with Crippen molar-refractivity contribution in [3.63, 3.8) is 0 Å². The second-order valence-corrected chi connectivity index (χ2v) is 6.72. The monoisotopic (exact) mass is 343 g/mol. The van der Waals surface area contributed by atoms with E-state index >= 15 is 0 Å². The van der Waals surface area contributed by atoms with E-state index in [1.807, 2.05) is 31.7 Å². The van der Waals surface area contributed by atoms with Crippen LogP contribution >= 0.6 is 0 Å². The third-order valence-corrected chi connectivity index (χ3v) is 4.66. The Morgan fingerprint density at radius 2 is 2.20 bits per heavy atom. The average Bonchev–Trinajstić information content (AvgIpc) is 2.78. The number of rotatable bonds is 4. The summed E-state index contributed by atoms with van der Waals surface area (Å²) in [6.45, 7) is 8.39. The van der Waals surface area contributed by atoms with Crippen LogP contribution in [-0.2, 0) is 22.4 Å². The minimum absolute atomic E-state index is 0.127. The molecule has 0 spiro atoms. The molecule has 1 amide bonds. The zero-order valence-electron chi connectivity index (χ0n) is 15.1. The molecule has 3 rings (SSSR count). The molecule has 25 heavy (non-hydrogen) atoms. The highest BCUT2D eigenvalue weighted by Gasteiger charge is 2.24. The van der Waals surface area contributed by atoms with Gasteiger partial charge in [-0.25, -0.2) is 9.97 Å². The van der Waals surface area contributed by atoms with Crippen LogP contribution in [0.4, 0.5) is 0 Å². The zero-order valence-corrected chi connectivity index (χ0v) is 15.1. The molecule has 1 aliphatic rings. The van der Waals surface area contributed by atoms with Gasteiger partial charge in [-0.05, 0) is 33.3 Å². The molecule has 1 aliphatic heterocycles. The van der Waals surface area contributed by atoms with Crippen molar-refractivity contribution in [3.05, 3.63) is 40.7 Å². The molecule has 2 aromatic rings. The summed E-state index contributed by atoms with van der Waals surface area (Å²) in [4.78, 5) is 23.2. The lowest BCUT2D eigenvalue weighted by atomic mass is 10.0. The summed E-state index contributed by atoms with van der Waals surface area (Å²) >= 11 is 0. The number of aryl methyl sites for hydroxylation is 3. The molecule has 0 radical (unpaired) electrons. The van der Waals surface area contributed by atoms with Crippen LogP contribution in [-0.4, -0.2) is 57.3 Å². The largest absolute Gasteiger partial charge is 0.379 e. The topological polar surface area (TPSA) is 84.0 Å². The molecule has 0 saturated carbocycles. The Morgan fingerprint density at radius 3 is 2.92 bits per heavy atom. The van der Waals surface area contributed by atoms with Gasteiger partial charge in [-0.1, -0.05) is 0 Å². The molecular formula is C18H25N5O2. The Morgan fingerprint density at radius 1 is 1.36 bits per heavy atom. The lowest BCUT2D eigenvalue weighted by Gasteiger charge is -2.23. The van der Waals surface area contributed by atoms with Crippen LogP contribution in [0, 0.1) is 26.7 Å². The summed E-state index contributed by atoms with van der Waals surface area (Å²) in [6, 6.07) is 2.00. The van der Waals surface area contributed by atoms with E-state index in [4.69, 9.17) is 4.74 Å². The first-order valence-corrected chi connectivity index (χ1v) is 8.66. The van der Waals surface area contributed by atoms with Crippen LogP contribution in [0.5, 0.6) is 0 Å². The molecule has 0 aliphatic carbocycles. The molecule has 3 heterocycles. The van der Waals surface area contributed by atoms with Crippen molar-refractivity contribution in [1.29, 1.82) is 0 Å². The lowest BCUT2D eigenvalue weighted by Crippen LogP contribution is -2.37. The number of H-pyrrole nitrogens is 1. The molecular weight excluding hydrogens is 318 g/mol. The van der Waals surface area contributed by atoms with Crippen molar-refractivity contribution >= 4 is 5.91 Å². The second kappa shape index (κ2) is 7.74. The number of amides is 1. The van der Waals surface area contributed by atoms with E-state index in [9.17, 15) is 4.79 Å². The number of nitrogens with one attached hydrogen (secondary N) is 1. The first kappa shape index (κ1) is 17.5. The van der Waals surface area contributed by atoms with E-state index in [1.54, 1.807) is 6.33 Å². The smallest absolute Gasteiger partial charge is 0.227 e. The zero-order chi connectivity index (χ0) is 17.8. The van der Waals surface area contributed by atoms with Gasteiger partial charge in [-0.15, -0.1) is 0 Å². The van der Waals surface area contributed by atoms with E-state index in [-0.39, 0.29) is 11.8 Å². The highest BCUT2D eigenvalue weighted by molar-refractivity contribution is 5.79. The fraction of sp³-hybridized carbons (Fsp3) is 0.556. The number of carbonyl (C=O) groups excluding carboxylic acids is 1. The molecule has 1 saturated heterocycles. The van der Waals surface area contributed by atoms with Gasteiger partial charge in [0.15, 0.2) is 0 Å². The van der Waals surface area contributed by atoms with Crippen LogP contribution in [0.15, 0.2) is 12.4 Å². The molecule has 1 fully saturated rings. The van der Waals surface area contributed by atoms with Gasteiger partial charge in [0.25, 0.3) is 0 Å². The van der Waals surface area contributed by atoms with Gasteiger partial charge in [-0.2, -0.15) is 5.10 Å². The number of carbonyl (C=O) groups is 1. The fourth-order valence-corrected chi connectivity index (χ4v) is 3.25. The summed E-state index contributed by atoms with van der Waals surface area (Å²) < 4.78 is 5.72. The predicted molar refractivity (Wildman–Crippen MR) is 93.1 cm³/mol. The summed E-state index contributed by atoms with van der Waals surface area (Å²) in [7, 11) is 0. The fourth-order valence-electron chi connectivity index (χ4n) is 3.25. The maximum Gasteiger partial charge on any atom is 0.227 e. The number of aromatic nitrogens is 4. The third-order valence-electron chi connectivity index (χ3n) is 4.66. The van der Waals surface area contributed by atoms with Crippen molar-refractivity contribution < 1.29 is 9.53 Å². The van der Waals surface area contributed by atoms with Crippen LogP contribution in [0.25, 0.3) is 0 Å². The summed E-state index contributed by atoms with van der Waals surface area (Å²) in [6.07, 6.45) is 2.76. The van der Waals surface area contributed by atoms with Crippen LogP contribution in [0.1, 0.15) is 28.3 Å². The maximum atomic E-state index is 12.8. The molecule has 134 valence electrons. The van der Waals surface area contributed by atoms with Gasteiger partial charge in [0.1, 0.15) is 6.33 Å². The molecule has 2 aromatic heterocycles. The third kappa shape index (κ3) is 4.42. The Kier molecular flexibility index (Phi) is 5.43. The Hall–Kier alpha value is -2.28. The van der Waals surface area contributed by atoms with Crippen molar-refractivity contribution in [3.8, 4) is 0 Å². The Balaban J connectivity index is 1.66. The van der Waals surface area contributed by atoms with Crippen LogP contribution < -0.4 is 0 Å². The van der Waals surface area contributed by atoms with Crippen molar-refractivity contribution in [1.82, 2.24) is 25.1 Å². The summed E-state index contributed by atoms with van der Waals surface area (Å²) in [5.41, 5.74) is 4.81. The van der Waals surface area contributed by atoms with Crippen molar-refractivity contribution in [2.24, 2.45) is 5.92 Å². The summed E-state index contributed by atoms with van der Waals surface area (Å²) in [5.74, 6) is 0.370. The van der Waals surface area contributed by atoms with Gasteiger partial charge in [-0.3, -0.25) is 9.89 Å². The maximum absolute atomic E-state index is 12.8. The SMILES string of the molecule is Cc1cc(C[C@@H]2COCCN(C(=O)Cc3c(C)n[nH]c3C)C2)ncn1. The molecule has 0 aromatic carbocycles. The van der Waals surface area contributed by atoms with Gasteiger partial charge < -0.3 is 9.64 Å². The van der Waals surface area contributed by atoms with E-state index in [0.717, 1.165) is 34.8 Å². The standard InChI is InChI=1S/C18H25N5O2/c1-12-6-16(20-11-19-12)7-15-9-23(4-5-25-10-15)18(24)8-17-13(2)21-22-14(17)3/h6,11,15H,4-5,7-10H2,1-3H3,(H,21,22)/t15-/m0/s1. The quantitative estimate of drug-likeness (QED) is 0.907. The minimum atomic E-state index is 0.127. The van der Waals surface area contributed by atoms with Gasteiger partial charge in [0.05, 0.1) is 25.3 Å². The van der Waals surface area contributed by atoms with Gasteiger partial charge in [0.2, 0.25) is 5.91 Å². The first-order valence-electron chi connectivity index (χ1n) is 8.66. The molecule has 1 N–H and O–H groups in total. The lowest BCUT2D eigenvalue weighted by molar-refractivity contribution is -0.130. The molecule has 7 heteroatoms. The van der Waals surface area contributed by atoms with E-state index < -0.39 is 0 Å². The number of ether oxygens (including phenoxy) is 1. The van der Waals surface area contributed by atoms with Crippen LogP contribution in [0.2, 0.25) is 0 Å². The Labute approximate surface area is 147 Å². The highest BCUT2D eigenvalue weighted by atomic mass is 16.5. The predicted octanol–water partition coefficient (Wildman–Crippen LogP) is 1.39. The second-order valence-electron chi connectivity index (χ2n) is 6.72. The van der Waals surface area contributed by atoms with E-state index in [0.29, 0.717) is 32.7 Å². The highest BCUT2D eigenvalue weighted by Crippen LogP contribution is 2.16. The van der Waals surface area contributed by atoms with E-state index in [2.05, 4.69) is 20.2 Å². The molecule has 0 bridgehead atoms. The number of aromatic amines is 1. The molecule has 7 nitrogen and oxygen atoms in total. The van der Waals surface area contributed by atoms with E-state index in [1.165, 1.54) is 0 Å². The normalized spacial score (nSPS) is 18.2. The van der Waals surface area contributed by atoms with Gasteiger partial charge in [0, 0.05) is 41.7 Å². The average molecular weight is 343 g/mol. The number of hydrogen-bond donors (Lipinski definition) is 1. The van der Waals surface area contributed by atoms with Crippen molar-refractivity contribution in [2.45, 2.75) is 33.6 Å². The van der Waals surface area contributed by atoms with Crippen LogP contribution in [0.3, 0.4) is 0 Å². The number of hydrogen-bond acceptors (Lipinski definition) is 5. The minimum Gasteiger partial charge on any atom is -0.379 e. The number of nitrogens with zero attached hydrogens (tertiary/aromatic N) is 4. The molecule has 0 unspecified atom stereocenters. The first-order chi connectivity index (χ1) is 12.0. The Bertz CT molecular complexity index is 723.